The molecule has 3 aromatic rings. The van der Waals surface area contributed by atoms with E-state index in [0.29, 0.717) is 23.6 Å². The summed E-state index contributed by atoms with van der Waals surface area (Å²) in [7, 11) is 0. The number of halogens is 9. The molecule has 0 N–H and O–H groups in total. The highest BCUT2D eigenvalue weighted by Crippen LogP contribution is 2.40. The van der Waals surface area contributed by atoms with Gasteiger partial charge in [-0.05, 0) is 66.3 Å². The fraction of sp³-hybridized carbons (Fsp3) is 0.355. The molecule has 4 rings (SSSR count). The Labute approximate surface area is 236 Å². The van der Waals surface area contributed by atoms with Crippen molar-refractivity contribution < 1.29 is 49.0 Å². The molecule has 0 unspecified atom stereocenters. The van der Waals surface area contributed by atoms with Crippen LogP contribution in [-0.4, -0.2) is 6.18 Å². The van der Waals surface area contributed by atoms with Gasteiger partial charge in [0, 0.05) is 12.1 Å². The standard InChI is InChI=1S/C31H27F9O2/c1-2-3-18-4-6-19(7-5-18)20-8-10-21(11-9-20)22-14-24(32)28(25(33)15-22)31(39,40)42-23-16-26(34)29(27(35)17-23)41-13-12-30(36,37)38/h8-19H,2-7H2,1H3. The topological polar surface area (TPSA) is 18.5 Å². The normalized spacial score (nSPS) is 18.0. The first-order valence-corrected chi connectivity index (χ1v) is 13.3. The van der Waals surface area contributed by atoms with E-state index in [1.165, 1.54) is 6.42 Å². The minimum atomic E-state index is -4.83. The van der Waals surface area contributed by atoms with Gasteiger partial charge in [0.25, 0.3) is 0 Å². The Morgan fingerprint density at radius 1 is 0.762 bits per heavy atom. The summed E-state index contributed by atoms with van der Waals surface area (Å²) in [6.45, 7) is 2.17. The van der Waals surface area contributed by atoms with E-state index in [1.807, 2.05) is 12.1 Å². The van der Waals surface area contributed by atoms with Crippen LogP contribution in [0.4, 0.5) is 39.5 Å². The third-order valence-electron chi connectivity index (χ3n) is 7.25. The molecule has 0 heterocycles. The van der Waals surface area contributed by atoms with Crippen molar-refractivity contribution in [3.05, 3.63) is 95.3 Å². The average Bonchev–Trinajstić information content (AvgIpc) is 2.89. The molecular formula is C31H27F9O2. The van der Waals surface area contributed by atoms with Crippen LogP contribution in [0.5, 0.6) is 11.5 Å². The first-order chi connectivity index (χ1) is 19.8. The predicted octanol–water partition coefficient (Wildman–Crippen LogP) is 10.6. The minimum Gasteiger partial charge on any atom is -0.459 e. The zero-order valence-corrected chi connectivity index (χ0v) is 22.4. The van der Waals surface area contributed by atoms with Crippen molar-refractivity contribution >= 4 is 0 Å². The second-order valence-corrected chi connectivity index (χ2v) is 10.2. The molecule has 42 heavy (non-hydrogen) atoms. The van der Waals surface area contributed by atoms with E-state index < -0.39 is 58.7 Å². The van der Waals surface area contributed by atoms with E-state index in [9.17, 15) is 39.5 Å². The Hall–Kier alpha value is -3.63. The van der Waals surface area contributed by atoms with Crippen LogP contribution in [0.15, 0.2) is 60.9 Å². The van der Waals surface area contributed by atoms with Crippen LogP contribution < -0.4 is 9.47 Å². The molecule has 1 aliphatic rings. The number of rotatable bonds is 9. The maximum absolute atomic E-state index is 14.9. The zero-order valence-electron chi connectivity index (χ0n) is 22.4. The molecule has 1 saturated carbocycles. The predicted molar refractivity (Wildman–Crippen MR) is 138 cm³/mol. The van der Waals surface area contributed by atoms with Gasteiger partial charge in [-0.25, -0.2) is 17.6 Å². The largest absolute Gasteiger partial charge is 0.459 e. The highest BCUT2D eigenvalue weighted by atomic mass is 19.4. The molecule has 2 nitrogen and oxygen atoms in total. The number of hydrogen-bond acceptors (Lipinski definition) is 2. The third kappa shape index (κ3) is 7.60. The molecule has 0 saturated heterocycles. The highest BCUT2D eigenvalue weighted by Gasteiger charge is 2.41. The van der Waals surface area contributed by atoms with Gasteiger partial charge < -0.3 is 9.47 Å². The third-order valence-corrected chi connectivity index (χ3v) is 7.25. The maximum atomic E-state index is 14.9. The van der Waals surface area contributed by atoms with Crippen LogP contribution in [0.2, 0.25) is 0 Å². The maximum Gasteiger partial charge on any atom is 0.432 e. The summed E-state index contributed by atoms with van der Waals surface area (Å²) in [6.07, 6.45) is -3.29. The Kier molecular flexibility index (Phi) is 9.47. The van der Waals surface area contributed by atoms with Gasteiger partial charge >= 0.3 is 12.3 Å². The minimum absolute atomic E-state index is 0.00624. The fourth-order valence-electron chi connectivity index (χ4n) is 5.24. The van der Waals surface area contributed by atoms with Gasteiger partial charge in [-0.15, -0.1) is 0 Å². The SMILES string of the molecule is CCCC1CCC(c2ccc(-c3cc(F)c(C(F)(F)Oc4cc(F)c(OC=CC(F)(F)F)c(F)c4)c(F)c3)cc2)CC1. The summed E-state index contributed by atoms with van der Waals surface area (Å²) >= 11 is 0. The van der Waals surface area contributed by atoms with E-state index in [2.05, 4.69) is 16.4 Å². The van der Waals surface area contributed by atoms with Gasteiger partial charge in [0.1, 0.15) is 22.9 Å². The monoisotopic (exact) mass is 602 g/mol. The number of alkyl halides is 5. The Morgan fingerprint density at radius 3 is 1.86 bits per heavy atom. The van der Waals surface area contributed by atoms with E-state index >= 15 is 0 Å². The van der Waals surface area contributed by atoms with E-state index in [-0.39, 0.29) is 24.0 Å². The molecule has 0 bridgehead atoms. The summed E-state index contributed by atoms with van der Waals surface area (Å²) in [5.41, 5.74) is -0.307. The zero-order chi connectivity index (χ0) is 30.7. The molecule has 0 amide bonds. The van der Waals surface area contributed by atoms with Gasteiger partial charge in [-0.2, -0.15) is 22.0 Å². The molecule has 1 fully saturated rings. The average molecular weight is 603 g/mol. The van der Waals surface area contributed by atoms with Gasteiger partial charge in [0.05, 0.1) is 12.3 Å². The van der Waals surface area contributed by atoms with Gasteiger partial charge in [-0.1, -0.05) is 44.0 Å². The fourth-order valence-corrected chi connectivity index (χ4v) is 5.24. The summed E-state index contributed by atoms with van der Waals surface area (Å²) < 4.78 is 133. The van der Waals surface area contributed by atoms with Crippen molar-refractivity contribution in [2.45, 2.75) is 63.7 Å². The van der Waals surface area contributed by atoms with Gasteiger partial charge in [0.2, 0.25) is 0 Å². The number of ether oxygens (including phenoxy) is 2. The Morgan fingerprint density at radius 2 is 1.33 bits per heavy atom. The summed E-state index contributed by atoms with van der Waals surface area (Å²) in [6, 6.07) is 8.79. The summed E-state index contributed by atoms with van der Waals surface area (Å²) in [4.78, 5) is 0. The van der Waals surface area contributed by atoms with Crippen molar-refractivity contribution in [3.63, 3.8) is 0 Å². The van der Waals surface area contributed by atoms with Crippen molar-refractivity contribution in [1.82, 2.24) is 0 Å². The van der Waals surface area contributed by atoms with Crippen molar-refractivity contribution in [3.8, 4) is 22.6 Å². The van der Waals surface area contributed by atoms with Crippen LogP contribution in [0.3, 0.4) is 0 Å². The van der Waals surface area contributed by atoms with Gasteiger partial charge in [0.15, 0.2) is 17.4 Å². The molecule has 0 aromatic heterocycles. The van der Waals surface area contributed by atoms with Crippen LogP contribution in [0.25, 0.3) is 11.1 Å². The Bertz CT molecular complexity index is 1360. The number of allylic oxidation sites excluding steroid dienone is 1. The molecule has 0 radical (unpaired) electrons. The van der Waals surface area contributed by atoms with E-state index in [1.54, 1.807) is 12.1 Å². The smallest absolute Gasteiger partial charge is 0.432 e. The summed E-state index contributed by atoms with van der Waals surface area (Å²) in [5.74, 6) is -8.11. The lowest BCUT2D eigenvalue weighted by atomic mass is 9.77. The lowest BCUT2D eigenvalue weighted by molar-refractivity contribution is -0.189. The molecular weight excluding hydrogens is 575 g/mol. The molecule has 226 valence electrons. The van der Waals surface area contributed by atoms with Crippen molar-refractivity contribution in [2.24, 2.45) is 5.92 Å². The van der Waals surface area contributed by atoms with Gasteiger partial charge in [-0.3, -0.25) is 0 Å². The first-order valence-electron chi connectivity index (χ1n) is 13.3. The molecule has 0 atom stereocenters. The quantitative estimate of drug-likeness (QED) is 0.179. The lowest BCUT2D eigenvalue weighted by Crippen LogP contribution is -2.25. The second-order valence-electron chi connectivity index (χ2n) is 10.2. The molecule has 11 heteroatoms. The van der Waals surface area contributed by atoms with Crippen molar-refractivity contribution in [2.75, 3.05) is 0 Å². The Balaban J connectivity index is 1.49. The first kappa shape index (κ1) is 31.3. The van der Waals surface area contributed by atoms with Crippen LogP contribution in [0.1, 0.15) is 62.5 Å². The number of hydrogen-bond donors (Lipinski definition) is 0. The van der Waals surface area contributed by atoms with E-state index in [0.717, 1.165) is 43.6 Å². The lowest BCUT2D eigenvalue weighted by Gasteiger charge is -2.28. The van der Waals surface area contributed by atoms with Crippen molar-refractivity contribution in [1.29, 1.82) is 0 Å². The van der Waals surface area contributed by atoms with Crippen LogP contribution in [0, 0.1) is 29.2 Å². The van der Waals surface area contributed by atoms with Crippen LogP contribution in [-0.2, 0) is 6.11 Å². The second kappa shape index (κ2) is 12.7. The molecule has 3 aromatic carbocycles. The number of benzene rings is 3. The highest BCUT2D eigenvalue weighted by molar-refractivity contribution is 5.64. The van der Waals surface area contributed by atoms with Crippen LogP contribution >= 0.6 is 0 Å². The molecule has 0 aliphatic heterocycles. The summed E-state index contributed by atoms with van der Waals surface area (Å²) in [5, 5.41) is 0. The van der Waals surface area contributed by atoms with E-state index in [4.69, 9.17) is 0 Å². The molecule has 0 spiro atoms. The molecule has 1 aliphatic carbocycles.